The number of carbonyl (C=O) groups excluding carboxylic acids is 2. The number of rotatable bonds is 13. The molecule has 4 N–H and O–H groups in total. The summed E-state index contributed by atoms with van der Waals surface area (Å²) < 4.78 is 5.98. The van der Waals surface area contributed by atoms with Crippen LogP contribution in [0.3, 0.4) is 0 Å². The minimum atomic E-state index is -0.482. The summed E-state index contributed by atoms with van der Waals surface area (Å²) in [6.45, 7) is 8.56. The second-order valence-electron chi connectivity index (χ2n) is 16.2. The number of amides is 2. The molecule has 3 aromatic carbocycles. The fourth-order valence-electron chi connectivity index (χ4n) is 9.17. The zero-order valence-electron chi connectivity index (χ0n) is 31.3. The van der Waals surface area contributed by atoms with E-state index in [1.807, 2.05) is 67.5 Å². The lowest BCUT2D eigenvalue weighted by Crippen LogP contribution is -2.61. The fraction of sp³-hybridized carbons (Fsp3) is 0.512. The normalized spacial score (nSPS) is 25.6. The van der Waals surface area contributed by atoms with E-state index in [1.165, 1.54) is 18.6 Å². The topological polar surface area (TPSA) is 143 Å². The van der Waals surface area contributed by atoms with Gasteiger partial charge in [-0.2, -0.15) is 0 Å². The first-order valence-electron chi connectivity index (χ1n) is 18.5. The first-order chi connectivity index (χ1) is 24.7. The van der Waals surface area contributed by atoms with E-state index in [-0.39, 0.29) is 41.3 Å². The summed E-state index contributed by atoms with van der Waals surface area (Å²) in [5.41, 5.74) is 9.81. The highest BCUT2D eigenvalue weighted by Crippen LogP contribution is 2.61. The number of nitrogens with zero attached hydrogens (tertiary/aromatic N) is 3. The highest BCUT2D eigenvalue weighted by atomic mass is 16.6. The highest BCUT2D eigenvalue weighted by molar-refractivity contribution is 5.97. The number of nitrogens with one attached hydrogen (secondary N) is 2. The highest BCUT2D eigenvalue weighted by Gasteiger charge is 2.56. The summed E-state index contributed by atoms with van der Waals surface area (Å²) >= 11 is 0. The van der Waals surface area contributed by atoms with E-state index >= 15 is 0 Å². The zero-order valence-corrected chi connectivity index (χ0v) is 31.3. The average Bonchev–Trinajstić information content (AvgIpc) is 3.48. The lowest BCUT2D eigenvalue weighted by atomic mass is 9.45. The molecule has 1 aliphatic heterocycles. The summed E-state index contributed by atoms with van der Waals surface area (Å²) in [6, 6.07) is 19.5. The van der Waals surface area contributed by atoms with E-state index < -0.39 is 10.8 Å². The second kappa shape index (κ2) is 15.3. The van der Waals surface area contributed by atoms with Crippen molar-refractivity contribution < 1.29 is 19.2 Å². The molecule has 7 atom stereocenters. The van der Waals surface area contributed by atoms with Crippen LogP contribution in [0.4, 0.5) is 5.69 Å². The maximum absolute atomic E-state index is 13.8. The molecular weight excluding hydrogens is 656 g/mol. The molecule has 1 saturated heterocycles. The predicted octanol–water partition coefficient (Wildman–Crippen LogP) is 5.26. The smallest absolute Gasteiger partial charge is 0.270 e. The zero-order chi connectivity index (χ0) is 37.3. The van der Waals surface area contributed by atoms with Gasteiger partial charge < -0.3 is 26.0 Å². The molecule has 3 aromatic rings. The molecule has 2 amide bonds. The van der Waals surface area contributed by atoms with Crippen LogP contribution in [0.5, 0.6) is 5.75 Å². The number of ether oxygens (including phenoxy) is 1. The monoisotopic (exact) mass is 710 g/mol. The van der Waals surface area contributed by atoms with Crippen molar-refractivity contribution in [2.24, 2.45) is 28.9 Å². The van der Waals surface area contributed by atoms with Crippen LogP contribution < -0.4 is 21.1 Å². The molecule has 278 valence electrons. The van der Waals surface area contributed by atoms with E-state index in [9.17, 15) is 19.7 Å². The summed E-state index contributed by atoms with van der Waals surface area (Å²) in [6.07, 6.45) is 3.44. The van der Waals surface area contributed by atoms with Gasteiger partial charge in [0.05, 0.1) is 18.1 Å². The number of likely N-dealkylation sites (tertiary alicyclic amines) is 1. The third-order valence-corrected chi connectivity index (χ3v) is 12.0. The number of hydrogen-bond acceptors (Lipinski definition) is 8. The van der Waals surface area contributed by atoms with E-state index in [2.05, 4.69) is 36.3 Å². The number of benzene rings is 3. The summed E-state index contributed by atoms with van der Waals surface area (Å²) in [5.74, 6) is 1.85. The van der Waals surface area contributed by atoms with Gasteiger partial charge >= 0.3 is 0 Å². The van der Waals surface area contributed by atoms with Gasteiger partial charge in [-0.05, 0) is 80.1 Å². The third kappa shape index (κ3) is 7.86. The lowest BCUT2D eigenvalue weighted by molar-refractivity contribution is -0.384. The molecule has 7 rings (SSSR count). The number of non-ortho nitro benzene ring substituents is 1. The van der Waals surface area contributed by atoms with E-state index in [4.69, 9.17) is 10.5 Å². The fourth-order valence-corrected chi connectivity index (χ4v) is 9.17. The van der Waals surface area contributed by atoms with E-state index in [1.54, 1.807) is 13.2 Å². The minimum Gasteiger partial charge on any atom is -0.496 e. The van der Waals surface area contributed by atoms with Crippen LogP contribution in [0.15, 0.2) is 66.7 Å². The lowest BCUT2D eigenvalue weighted by Gasteiger charge is -2.62. The van der Waals surface area contributed by atoms with Crippen molar-refractivity contribution in [3.05, 3.63) is 93.5 Å². The first-order valence-corrected chi connectivity index (χ1v) is 18.5. The van der Waals surface area contributed by atoms with Gasteiger partial charge in [-0.25, -0.2) is 0 Å². The molecule has 0 aromatic heterocycles. The standard InChI is InChI=1S/C41H54N6O5/c1-25-35-19-30(41(35,2)3)20-36(25)44-40(49)37-21-31(42)23-46(37)22-27-13-10-14-34(38(27)52-6)28-16-29(18-33(17-28)47(50)51)39(48)43-32(24-45(4)5)15-26-11-8-7-9-12-26/h7-14,16-18,25,30-32,35-37H,15,19-24,42H2,1-6H3,(H,43,48)(H,44,49)/t25-,30-,31-,32-,35-,36-,37-/m0/s1. The quantitative estimate of drug-likeness (QED) is 0.161. The number of likely N-dealkylation sites (N-methyl/N-ethyl adjacent to an activating group) is 1. The van der Waals surface area contributed by atoms with Gasteiger partial charge in [0.1, 0.15) is 5.75 Å². The number of nitro groups is 1. The molecule has 11 nitrogen and oxygen atoms in total. The molecule has 0 unspecified atom stereocenters. The van der Waals surface area contributed by atoms with Crippen molar-refractivity contribution in [3.8, 4) is 16.9 Å². The van der Waals surface area contributed by atoms with Gasteiger partial charge in [0.15, 0.2) is 0 Å². The van der Waals surface area contributed by atoms with Crippen LogP contribution in [0, 0.1) is 33.3 Å². The molecule has 4 fully saturated rings. The molecule has 4 aliphatic rings. The number of methoxy groups -OCH3 is 1. The van der Waals surface area contributed by atoms with Crippen LogP contribution in [-0.4, -0.2) is 85.0 Å². The van der Waals surface area contributed by atoms with E-state index in [0.29, 0.717) is 72.5 Å². The molecule has 3 saturated carbocycles. The van der Waals surface area contributed by atoms with Crippen molar-refractivity contribution in [3.63, 3.8) is 0 Å². The van der Waals surface area contributed by atoms with Crippen molar-refractivity contribution in [2.45, 2.75) is 77.2 Å². The van der Waals surface area contributed by atoms with Gasteiger partial charge in [0, 0.05) is 66.6 Å². The Labute approximate surface area is 307 Å². The molecule has 2 bridgehead atoms. The number of carbonyl (C=O) groups is 2. The Morgan fingerprint density at radius 3 is 2.48 bits per heavy atom. The summed E-state index contributed by atoms with van der Waals surface area (Å²) in [7, 11) is 5.46. The Kier molecular flexibility index (Phi) is 11.0. The number of nitrogens with two attached hydrogens (primary N) is 1. The second-order valence-corrected chi connectivity index (χ2v) is 16.2. The first kappa shape index (κ1) is 37.4. The van der Waals surface area contributed by atoms with Gasteiger partial charge in [0.25, 0.3) is 11.6 Å². The van der Waals surface area contributed by atoms with Gasteiger partial charge in [-0.15, -0.1) is 0 Å². The number of hydrogen-bond donors (Lipinski definition) is 3. The molecule has 0 radical (unpaired) electrons. The minimum absolute atomic E-state index is 0.0215. The SMILES string of the molecule is COc1c(CN2C[C@@H](N)C[C@H]2C(=O)N[C@H]2C[C@@H]3C[C@@H]([C@@H]2C)C3(C)C)cccc1-c1cc(C(=O)N[C@@H](Cc2ccccc2)CN(C)C)cc([N+](=O)[O-])c1. The largest absolute Gasteiger partial charge is 0.496 e. The maximum Gasteiger partial charge on any atom is 0.270 e. The predicted molar refractivity (Wildman–Crippen MR) is 203 cm³/mol. The maximum atomic E-state index is 13.8. The summed E-state index contributed by atoms with van der Waals surface area (Å²) in [4.78, 5) is 43.4. The Balaban J connectivity index is 1.23. The Hall–Kier alpha value is -4.32. The van der Waals surface area contributed by atoms with Crippen LogP contribution in [0.2, 0.25) is 0 Å². The van der Waals surface area contributed by atoms with Crippen molar-refractivity contribution in [2.75, 3.05) is 34.3 Å². The van der Waals surface area contributed by atoms with E-state index in [0.717, 1.165) is 17.5 Å². The Morgan fingerprint density at radius 1 is 1.08 bits per heavy atom. The number of para-hydroxylation sites is 1. The van der Waals surface area contributed by atoms with Crippen LogP contribution in [0.25, 0.3) is 11.1 Å². The Morgan fingerprint density at radius 2 is 1.83 bits per heavy atom. The molecular formula is C41H54N6O5. The van der Waals surface area contributed by atoms with Gasteiger partial charge in [-0.3, -0.25) is 24.6 Å². The Bertz CT molecular complexity index is 1780. The van der Waals surface area contributed by atoms with Crippen molar-refractivity contribution >= 4 is 17.5 Å². The number of nitro benzene ring substituents is 1. The average molecular weight is 711 g/mol. The molecule has 1 heterocycles. The van der Waals surface area contributed by atoms with Gasteiger partial charge in [-0.1, -0.05) is 69.3 Å². The van der Waals surface area contributed by atoms with Crippen LogP contribution in [-0.2, 0) is 17.8 Å². The molecule has 52 heavy (non-hydrogen) atoms. The molecule has 0 spiro atoms. The third-order valence-electron chi connectivity index (χ3n) is 12.0. The number of fused-ring (bicyclic) bond motifs is 2. The van der Waals surface area contributed by atoms with Gasteiger partial charge in [0.2, 0.25) is 5.91 Å². The van der Waals surface area contributed by atoms with Crippen LogP contribution in [0.1, 0.15) is 61.5 Å². The van der Waals surface area contributed by atoms with Crippen molar-refractivity contribution in [1.82, 2.24) is 20.4 Å². The molecule has 3 aliphatic carbocycles. The summed E-state index contributed by atoms with van der Waals surface area (Å²) in [5, 5.41) is 18.7. The molecule has 11 heteroatoms. The van der Waals surface area contributed by atoms with Crippen LogP contribution >= 0.6 is 0 Å². The van der Waals surface area contributed by atoms with Crippen molar-refractivity contribution in [1.29, 1.82) is 0 Å².